The van der Waals surface area contributed by atoms with Gasteiger partial charge in [0.05, 0.1) is 24.1 Å². The van der Waals surface area contributed by atoms with Gasteiger partial charge in [-0.25, -0.2) is 4.98 Å². The zero-order valence-corrected chi connectivity index (χ0v) is 17.6. The first-order valence-corrected chi connectivity index (χ1v) is 11.2. The number of hydrogen-bond acceptors (Lipinski definition) is 5. The minimum Gasteiger partial charge on any atom is -0.369 e. The summed E-state index contributed by atoms with van der Waals surface area (Å²) >= 11 is 3.25. The predicted octanol–water partition coefficient (Wildman–Crippen LogP) is 4.86. The summed E-state index contributed by atoms with van der Waals surface area (Å²) in [5.74, 6) is 0.884. The SMILES string of the molecule is CCSc1nc2sc3c(c2c(=O)n1Cc1ccccc1)C[C@](C)(CC)OC3. The molecule has 142 valence electrons. The van der Waals surface area contributed by atoms with E-state index in [1.54, 1.807) is 23.1 Å². The first-order valence-electron chi connectivity index (χ1n) is 9.40. The second kappa shape index (κ2) is 7.41. The van der Waals surface area contributed by atoms with Crippen LogP contribution >= 0.6 is 23.1 Å². The quantitative estimate of drug-likeness (QED) is 0.453. The Balaban J connectivity index is 1.89. The molecule has 0 N–H and O–H groups in total. The number of thiophene rings is 1. The van der Waals surface area contributed by atoms with E-state index in [1.807, 2.05) is 22.8 Å². The summed E-state index contributed by atoms with van der Waals surface area (Å²) in [7, 11) is 0. The standard InChI is InChI=1S/C21H24N2O2S2/c1-4-21(3)11-15-16(13-25-21)27-18-17(15)19(24)23(20(22-18)26-5-2)12-14-9-7-6-8-10-14/h6-10H,4-5,11-13H2,1-3H3/t21-/m0/s1. The van der Waals surface area contributed by atoms with Crippen LogP contribution in [0.2, 0.25) is 0 Å². The topological polar surface area (TPSA) is 44.1 Å². The molecule has 1 aliphatic heterocycles. The van der Waals surface area contributed by atoms with Crippen LogP contribution in [-0.2, 0) is 24.3 Å². The molecule has 0 bridgehead atoms. The zero-order chi connectivity index (χ0) is 19.0. The highest BCUT2D eigenvalue weighted by molar-refractivity contribution is 7.99. The van der Waals surface area contributed by atoms with Gasteiger partial charge in [0.15, 0.2) is 5.16 Å². The molecule has 1 aromatic carbocycles. The highest BCUT2D eigenvalue weighted by Crippen LogP contribution is 2.38. The molecule has 0 saturated carbocycles. The molecule has 6 heteroatoms. The lowest BCUT2D eigenvalue weighted by Gasteiger charge is -2.32. The van der Waals surface area contributed by atoms with Crippen LogP contribution in [0.15, 0.2) is 40.3 Å². The van der Waals surface area contributed by atoms with E-state index in [1.165, 1.54) is 0 Å². The van der Waals surface area contributed by atoms with Crippen LogP contribution in [0, 0.1) is 0 Å². The number of ether oxygens (including phenoxy) is 1. The van der Waals surface area contributed by atoms with Crippen LogP contribution in [0.3, 0.4) is 0 Å². The van der Waals surface area contributed by atoms with Gasteiger partial charge in [-0.05, 0) is 30.2 Å². The summed E-state index contributed by atoms with van der Waals surface area (Å²) in [6, 6.07) is 10.1. The number of hydrogen-bond donors (Lipinski definition) is 0. The molecule has 0 amide bonds. The fourth-order valence-electron chi connectivity index (χ4n) is 3.51. The molecule has 0 saturated heterocycles. The molecule has 0 radical (unpaired) electrons. The van der Waals surface area contributed by atoms with Crippen molar-refractivity contribution < 1.29 is 4.74 Å². The molecule has 3 aromatic rings. The summed E-state index contributed by atoms with van der Waals surface area (Å²) in [5.41, 5.74) is 2.15. The van der Waals surface area contributed by atoms with Gasteiger partial charge < -0.3 is 4.74 Å². The maximum absolute atomic E-state index is 13.5. The maximum atomic E-state index is 13.5. The highest BCUT2D eigenvalue weighted by atomic mass is 32.2. The van der Waals surface area contributed by atoms with E-state index >= 15 is 0 Å². The van der Waals surface area contributed by atoms with E-state index in [0.717, 1.165) is 50.0 Å². The van der Waals surface area contributed by atoms with Crippen molar-refractivity contribution in [2.75, 3.05) is 5.75 Å². The average molecular weight is 401 g/mol. The molecular formula is C21H24N2O2S2. The van der Waals surface area contributed by atoms with E-state index < -0.39 is 0 Å². The summed E-state index contributed by atoms with van der Waals surface area (Å²) < 4.78 is 7.93. The van der Waals surface area contributed by atoms with Crippen LogP contribution in [-0.4, -0.2) is 20.9 Å². The molecule has 0 spiro atoms. The molecule has 2 aromatic heterocycles. The first kappa shape index (κ1) is 18.7. The molecule has 1 aliphatic rings. The maximum Gasteiger partial charge on any atom is 0.263 e. The fourth-order valence-corrected chi connectivity index (χ4v) is 5.37. The van der Waals surface area contributed by atoms with Gasteiger partial charge in [-0.3, -0.25) is 9.36 Å². The summed E-state index contributed by atoms with van der Waals surface area (Å²) in [5, 5.41) is 1.60. The first-order chi connectivity index (χ1) is 13.0. The van der Waals surface area contributed by atoms with Crippen molar-refractivity contribution >= 4 is 33.3 Å². The van der Waals surface area contributed by atoms with Crippen molar-refractivity contribution in [3.8, 4) is 0 Å². The Bertz CT molecular complexity index is 1030. The largest absolute Gasteiger partial charge is 0.369 e. The van der Waals surface area contributed by atoms with E-state index in [-0.39, 0.29) is 11.2 Å². The molecular weight excluding hydrogens is 376 g/mol. The average Bonchev–Trinajstić information content (AvgIpc) is 3.03. The van der Waals surface area contributed by atoms with E-state index in [2.05, 4.69) is 32.9 Å². The summed E-state index contributed by atoms with van der Waals surface area (Å²) in [4.78, 5) is 20.4. The van der Waals surface area contributed by atoms with Crippen LogP contribution in [0.4, 0.5) is 0 Å². The number of fused-ring (bicyclic) bond motifs is 3. The number of thioether (sulfide) groups is 1. The Morgan fingerprint density at radius 1 is 1.30 bits per heavy atom. The summed E-state index contributed by atoms with van der Waals surface area (Å²) in [6.45, 7) is 7.50. The molecule has 4 rings (SSSR count). The van der Waals surface area contributed by atoms with Crippen LogP contribution in [0.5, 0.6) is 0 Å². The third-order valence-corrected chi connectivity index (χ3v) is 7.22. The van der Waals surface area contributed by atoms with Crippen LogP contribution in [0.25, 0.3) is 10.2 Å². The van der Waals surface area contributed by atoms with Gasteiger partial charge in [0.25, 0.3) is 5.56 Å². The molecule has 4 nitrogen and oxygen atoms in total. The van der Waals surface area contributed by atoms with Crippen LogP contribution in [0.1, 0.15) is 43.2 Å². The minimum atomic E-state index is -0.200. The van der Waals surface area contributed by atoms with E-state index in [4.69, 9.17) is 9.72 Å². The molecule has 27 heavy (non-hydrogen) atoms. The van der Waals surface area contributed by atoms with Crippen molar-refractivity contribution in [2.24, 2.45) is 0 Å². The Kier molecular flexibility index (Phi) is 5.14. The Hall–Kier alpha value is -1.63. The van der Waals surface area contributed by atoms with Gasteiger partial charge in [-0.1, -0.05) is 55.9 Å². The van der Waals surface area contributed by atoms with Gasteiger partial charge in [-0.2, -0.15) is 0 Å². The number of aromatic nitrogens is 2. The third kappa shape index (κ3) is 3.46. The lowest BCUT2D eigenvalue weighted by atomic mass is 9.90. The van der Waals surface area contributed by atoms with Gasteiger partial charge in [0.2, 0.25) is 0 Å². The Morgan fingerprint density at radius 2 is 2.07 bits per heavy atom. The van der Waals surface area contributed by atoms with Crippen molar-refractivity contribution in [3.63, 3.8) is 0 Å². The number of rotatable bonds is 5. The Labute approximate surface area is 167 Å². The normalized spacial score (nSPS) is 19.4. The lowest BCUT2D eigenvalue weighted by Crippen LogP contribution is -2.34. The fraction of sp³-hybridized carbons (Fsp3) is 0.429. The molecule has 0 fully saturated rings. The van der Waals surface area contributed by atoms with Gasteiger partial charge >= 0.3 is 0 Å². The Morgan fingerprint density at radius 3 is 2.78 bits per heavy atom. The summed E-state index contributed by atoms with van der Waals surface area (Å²) in [6.07, 6.45) is 1.71. The monoisotopic (exact) mass is 400 g/mol. The van der Waals surface area contributed by atoms with Gasteiger partial charge in [0.1, 0.15) is 4.83 Å². The highest BCUT2D eigenvalue weighted by Gasteiger charge is 2.33. The smallest absolute Gasteiger partial charge is 0.263 e. The van der Waals surface area contributed by atoms with Crippen molar-refractivity contribution in [1.29, 1.82) is 0 Å². The molecule has 1 atom stereocenters. The second-order valence-electron chi connectivity index (χ2n) is 7.16. The minimum absolute atomic E-state index is 0.0812. The van der Waals surface area contributed by atoms with E-state index in [0.29, 0.717) is 13.2 Å². The predicted molar refractivity (Wildman–Crippen MR) is 113 cm³/mol. The van der Waals surface area contributed by atoms with Crippen molar-refractivity contribution in [2.45, 2.75) is 57.5 Å². The molecule has 0 aliphatic carbocycles. The molecule has 0 unspecified atom stereocenters. The zero-order valence-electron chi connectivity index (χ0n) is 15.9. The van der Waals surface area contributed by atoms with E-state index in [9.17, 15) is 4.79 Å². The van der Waals surface area contributed by atoms with Crippen LogP contribution < -0.4 is 5.56 Å². The van der Waals surface area contributed by atoms with Gasteiger partial charge in [0, 0.05) is 11.3 Å². The number of nitrogens with zero attached hydrogens (tertiary/aromatic N) is 2. The second-order valence-corrected chi connectivity index (χ2v) is 9.47. The number of benzene rings is 1. The lowest BCUT2D eigenvalue weighted by molar-refractivity contribution is -0.0543. The third-order valence-electron chi connectivity index (χ3n) is 5.27. The van der Waals surface area contributed by atoms with Crippen molar-refractivity contribution in [3.05, 3.63) is 56.7 Å². The van der Waals surface area contributed by atoms with Crippen molar-refractivity contribution in [1.82, 2.24) is 9.55 Å². The van der Waals surface area contributed by atoms with Gasteiger partial charge in [-0.15, -0.1) is 11.3 Å². The molecule has 3 heterocycles.